The normalized spacial score (nSPS) is 25.4. The lowest BCUT2D eigenvalue weighted by molar-refractivity contribution is -0.144. The highest BCUT2D eigenvalue weighted by Gasteiger charge is 2.16. The Labute approximate surface area is 131 Å². The minimum absolute atomic E-state index is 0.175. The van der Waals surface area contributed by atoms with Crippen molar-refractivity contribution in [2.75, 3.05) is 0 Å². The Morgan fingerprint density at radius 2 is 1.32 bits per heavy atom. The van der Waals surface area contributed by atoms with Gasteiger partial charge >= 0.3 is 11.9 Å². The number of rotatable bonds is 4. The van der Waals surface area contributed by atoms with E-state index in [0.717, 1.165) is 50.7 Å². The second-order valence-electron chi connectivity index (χ2n) is 6.09. The Balaban J connectivity index is 1.78. The van der Waals surface area contributed by atoms with Crippen LogP contribution in [0.2, 0.25) is 0 Å². The molecule has 0 amide bonds. The Kier molecular flexibility index (Phi) is 5.99. The molecule has 2 unspecified atom stereocenters. The standard InChI is InChI=1S/C18H24O4/c1-13-5-3-7-15(11-13)21-17(19)9-10-18(20)22-16-8-4-6-14(2)12-16/h9-12,15-16H,3-8H2,1-2H3/b10-9+. The van der Waals surface area contributed by atoms with E-state index in [1.54, 1.807) is 0 Å². The van der Waals surface area contributed by atoms with Crippen LogP contribution in [0.25, 0.3) is 0 Å². The molecule has 0 aliphatic heterocycles. The zero-order valence-corrected chi connectivity index (χ0v) is 13.3. The predicted molar refractivity (Wildman–Crippen MR) is 84.1 cm³/mol. The Bertz CT molecular complexity index is 467. The molecule has 0 aromatic carbocycles. The molecule has 0 saturated carbocycles. The van der Waals surface area contributed by atoms with Gasteiger partial charge in [0.25, 0.3) is 0 Å². The van der Waals surface area contributed by atoms with E-state index < -0.39 is 11.9 Å². The lowest BCUT2D eigenvalue weighted by atomic mass is 9.99. The van der Waals surface area contributed by atoms with E-state index in [1.165, 1.54) is 11.1 Å². The summed E-state index contributed by atoms with van der Waals surface area (Å²) in [5.41, 5.74) is 2.48. The SMILES string of the molecule is CC1=CC(OC(=O)/C=C/C(=O)OC2C=C(C)CCC2)CCC1. The molecule has 0 radical (unpaired) electrons. The molecule has 0 N–H and O–H groups in total. The maximum Gasteiger partial charge on any atom is 0.331 e. The molecular weight excluding hydrogens is 280 g/mol. The fourth-order valence-electron chi connectivity index (χ4n) is 2.83. The van der Waals surface area contributed by atoms with Crippen LogP contribution in [0.4, 0.5) is 0 Å². The van der Waals surface area contributed by atoms with Gasteiger partial charge in [-0.1, -0.05) is 11.1 Å². The zero-order chi connectivity index (χ0) is 15.9. The number of carbonyl (C=O) groups is 2. The second kappa shape index (κ2) is 7.97. The number of hydrogen-bond acceptors (Lipinski definition) is 4. The monoisotopic (exact) mass is 304 g/mol. The lowest BCUT2D eigenvalue weighted by Crippen LogP contribution is -2.19. The highest BCUT2D eigenvalue weighted by atomic mass is 16.5. The Morgan fingerprint density at radius 3 is 1.68 bits per heavy atom. The first-order chi connectivity index (χ1) is 10.5. The van der Waals surface area contributed by atoms with E-state index >= 15 is 0 Å². The van der Waals surface area contributed by atoms with E-state index in [2.05, 4.69) is 0 Å². The topological polar surface area (TPSA) is 52.6 Å². The summed E-state index contributed by atoms with van der Waals surface area (Å²) < 4.78 is 10.6. The maximum atomic E-state index is 11.7. The van der Waals surface area contributed by atoms with Crippen molar-refractivity contribution in [2.45, 2.75) is 64.6 Å². The summed E-state index contributed by atoms with van der Waals surface area (Å²) in [6.45, 7) is 4.07. The molecule has 2 aliphatic rings. The van der Waals surface area contributed by atoms with Gasteiger partial charge in [0.15, 0.2) is 0 Å². The van der Waals surface area contributed by atoms with E-state index in [0.29, 0.717) is 0 Å². The Morgan fingerprint density at radius 1 is 0.909 bits per heavy atom. The van der Waals surface area contributed by atoms with Gasteiger partial charge in [0.1, 0.15) is 12.2 Å². The first-order valence-electron chi connectivity index (χ1n) is 7.97. The smallest absolute Gasteiger partial charge is 0.331 e. The third kappa shape index (κ3) is 5.51. The van der Waals surface area contributed by atoms with Crippen molar-refractivity contribution in [1.29, 1.82) is 0 Å². The van der Waals surface area contributed by atoms with Gasteiger partial charge in [-0.15, -0.1) is 0 Å². The summed E-state index contributed by atoms with van der Waals surface area (Å²) in [6.07, 6.45) is 11.8. The molecule has 0 aromatic rings. The van der Waals surface area contributed by atoms with Crippen LogP contribution in [0.1, 0.15) is 52.4 Å². The number of ether oxygens (including phenoxy) is 2. The fourth-order valence-corrected chi connectivity index (χ4v) is 2.83. The molecule has 120 valence electrons. The summed E-state index contributed by atoms with van der Waals surface area (Å²) in [5, 5.41) is 0. The zero-order valence-electron chi connectivity index (χ0n) is 13.3. The van der Waals surface area contributed by atoms with Gasteiger partial charge in [-0.05, 0) is 64.5 Å². The van der Waals surface area contributed by atoms with E-state index in [1.807, 2.05) is 26.0 Å². The highest BCUT2D eigenvalue weighted by Crippen LogP contribution is 2.20. The minimum Gasteiger partial charge on any atom is -0.455 e. The molecule has 4 heteroatoms. The van der Waals surface area contributed by atoms with Crippen molar-refractivity contribution in [3.05, 3.63) is 35.5 Å². The summed E-state index contributed by atoms with van der Waals surface area (Å²) in [6, 6.07) is 0. The summed E-state index contributed by atoms with van der Waals surface area (Å²) >= 11 is 0. The largest absolute Gasteiger partial charge is 0.455 e. The predicted octanol–water partition coefficient (Wildman–Crippen LogP) is 3.63. The van der Waals surface area contributed by atoms with Crippen LogP contribution in [0, 0.1) is 0 Å². The van der Waals surface area contributed by atoms with Crippen molar-refractivity contribution in [3.63, 3.8) is 0 Å². The van der Waals surface area contributed by atoms with Crippen LogP contribution < -0.4 is 0 Å². The molecule has 0 aromatic heterocycles. The fraction of sp³-hybridized carbons (Fsp3) is 0.556. The van der Waals surface area contributed by atoms with Gasteiger partial charge < -0.3 is 9.47 Å². The molecule has 0 bridgehead atoms. The van der Waals surface area contributed by atoms with Crippen molar-refractivity contribution in [2.24, 2.45) is 0 Å². The third-order valence-corrected chi connectivity index (χ3v) is 3.95. The van der Waals surface area contributed by atoms with Crippen molar-refractivity contribution >= 4 is 11.9 Å². The number of hydrogen-bond donors (Lipinski definition) is 0. The molecular formula is C18H24O4. The average Bonchev–Trinajstić information content (AvgIpc) is 2.45. The average molecular weight is 304 g/mol. The molecule has 4 nitrogen and oxygen atoms in total. The lowest BCUT2D eigenvalue weighted by Gasteiger charge is -2.19. The first-order valence-corrected chi connectivity index (χ1v) is 7.97. The molecule has 0 heterocycles. The molecule has 0 saturated heterocycles. The van der Waals surface area contributed by atoms with Gasteiger partial charge in [-0.3, -0.25) is 0 Å². The van der Waals surface area contributed by atoms with Crippen molar-refractivity contribution in [3.8, 4) is 0 Å². The molecule has 0 fully saturated rings. The quantitative estimate of drug-likeness (QED) is 0.452. The first kappa shape index (κ1) is 16.5. The van der Waals surface area contributed by atoms with Crippen molar-refractivity contribution < 1.29 is 19.1 Å². The van der Waals surface area contributed by atoms with Crippen LogP contribution in [0.15, 0.2) is 35.5 Å². The minimum atomic E-state index is -0.497. The summed E-state index contributed by atoms with van der Waals surface area (Å²) in [5.74, 6) is -0.994. The molecule has 2 rings (SSSR count). The van der Waals surface area contributed by atoms with Gasteiger partial charge in [0.2, 0.25) is 0 Å². The van der Waals surface area contributed by atoms with Crippen LogP contribution >= 0.6 is 0 Å². The van der Waals surface area contributed by atoms with E-state index in [9.17, 15) is 9.59 Å². The van der Waals surface area contributed by atoms with Gasteiger partial charge in [-0.25, -0.2) is 9.59 Å². The number of carbonyl (C=O) groups excluding carboxylic acids is 2. The molecule has 2 atom stereocenters. The van der Waals surface area contributed by atoms with E-state index in [4.69, 9.17) is 9.47 Å². The third-order valence-electron chi connectivity index (χ3n) is 3.95. The van der Waals surface area contributed by atoms with Gasteiger partial charge in [0, 0.05) is 12.2 Å². The maximum absolute atomic E-state index is 11.7. The Hall–Kier alpha value is -1.84. The summed E-state index contributed by atoms with van der Waals surface area (Å²) in [4.78, 5) is 23.4. The summed E-state index contributed by atoms with van der Waals surface area (Å²) in [7, 11) is 0. The molecule has 0 spiro atoms. The van der Waals surface area contributed by atoms with Crippen LogP contribution in [-0.2, 0) is 19.1 Å². The van der Waals surface area contributed by atoms with E-state index in [-0.39, 0.29) is 12.2 Å². The molecule has 2 aliphatic carbocycles. The molecule has 22 heavy (non-hydrogen) atoms. The van der Waals surface area contributed by atoms with Gasteiger partial charge in [-0.2, -0.15) is 0 Å². The number of esters is 2. The highest BCUT2D eigenvalue weighted by molar-refractivity contribution is 5.91. The van der Waals surface area contributed by atoms with Gasteiger partial charge in [0.05, 0.1) is 0 Å². The van der Waals surface area contributed by atoms with Crippen LogP contribution in [0.5, 0.6) is 0 Å². The van der Waals surface area contributed by atoms with Crippen LogP contribution in [-0.4, -0.2) is 24.1 Å². The van der Waals surface area contributed by atoms with Crippen molar-refractivity contribution in [1.82, 2.24) is 0 Å². The number of allylic oxidation sites excluding steroid dienone is 2. The van der Waals surface area contributed by atoms with Crippen LogP contribution in [0.3, 0.4) is 0 Å². The second-order valence-corrected chi connectivity index (χ2v) is 6.09.